The van der Waals surface area contributed by atoms with Crippen molar-refractivity contribution in [2.45, 2.75) is 89.6 Å². The molecule has 6 heteroatoms. The molecular weight excluding hydrogens is 352 g/mol. The van der Waals surface area contributed by atoms with Crippen molar-refractivity contribution in [1.29, 1.82) is 0 Å². The van der Waals surface area contributed by atoms with Crippen LogP contribution < -0.4 is 0 Å². The SMILES string of the molecule is C[C@@H]1CCC[C@H](C)N1C(=O)c1cn[nH]c1C1CCN(C(=O)C2CCCC2)CC1. The first kappa shape index (κ1) is 19.5. The monoisotopic (exact) mass is 386 g/mol. The number of likely N-dealkylation sites (tertiary alicyclic amines) is 2. The predicted octanol–water partition coefficient (Wildman–Crippen LogP) is 3.71. The van der Waals surface area contributed by atoms with Crippen LogP contribution in [-0.2, 0) is 4.79 Å². The molecule has 3 aliphatic rings. The lowest BCUT2D eigenvalue weighted by molar-refractivity contribution is -0.136. The lowest BCUT2D eigenvalue weighted by Crippen LogP contribution is -2.47. The van der Waals surface area contributed by atoms with Gasteiger partial charge in [-0.1, -0.05) is 12.8 Å². The summed E-state index contributed by atoms with van der Waals surface area (Å²) in [5, 5.41) is 7.35. The number of aromatic nitrogens is 2. The van der Waals surface area contributed by atoms with Crippen LogP contribution in [0.4, 0.5) is 0 Å². The molecule has 2 aliphatic heterocycles. The summed E-state index contributed by atoms with van der Waals surface area (Å²) in [4.78, 5) is 30.1. The van der Waals surface area contributed by atoms with E-state index in [1.165, 1.54) is 19.3 Å². The Morgan fingerprint density at radius 1 is 0.964 bits per heavy atom. The second-order valence-electron chi connectivity index (χ2n) is 9.12. The molecule has 1 N–H and O–H groups in total. The average Bonchev–Trinajstić information content (AvgIpc) is 3.39. The fourth-order valence-electron chi connectivity index (χ4n) is 5.56. The Labute approximate surface area is 168 Å². The third kappa shape index (κ3) is 3.70. The zero-order chi connectivity index (χ0) is 19.7. The van der Waals surface area contributed by atoms with Crippen LogP contribution in [0.3, 0.4) is 0 Å². The van der Waals surface area contributed by atoms with Crippen LogP contribution in [0.15, 0.2) is 6.20 Å². The molecule has 3 fully saturated rings. The van der Waals surface area contributed by atoms with E-state index < -0.39 is 0 Å². The third-order valence-corrected chi connectivity index (χ3v) is 7.25. The molecule has 6 nitrogen and oxygen atoms in total. The molecule has 154 valence electrons. The number of nitrogens with zero attached hydrogens (tertiary/aromatic N) is 3. The summed E-state index contributed by atoms with van der Waals surface area (Å²) in [5.41, 5.74) is 1.71. The Morgan fingerprint density at radius 3 is 2.25 bits per heavy atom. The Balaban J connectivity index is 1.42. The number of hydrogen-bond donors (Lipinski definition) is 1. The highest BCUT2D eigenvalue weighted by Crippen LogP contribution is 2.33. The van der Waals surface area contributed by atoms with Gasteiger partial charge in [0.25, 0.3) is 5.91 Å². The molecule has 3 heterocycles. The van der Waals surface area contributed by atoms with Gasteiger partial charge in [-0.2, -0.15) is 5.10 Å². The van der Waals surface area contributed by atoms with Crippen molar-refractivity contribution in [3.8, 4) is 0 Å². The molecule has 1 aromatic heterocycles. The van der Waals surface area contributed by atoms with E-state index in [1.807, 2.05) is 0 Å². The molecule has 2 atom stereocenters. The number of carbonyl (C=O) groups is 2. The number of nitrogens with one attached hydrogen (secondary N) is 1. The number of amides is 2. The fourth-order valence-corrected chi connectivity index (χ4v) is 5.56. The predicted molar refractivity (Wildman–Crippen MR) is 108 cm³/mol. The van der Waals surface area contributed by atoms with Crippen molar-refractivity contribution in [3.05, 3.63) is 17.5 Å². The van der Waals surface area contributed by atoms with Gasteiger partial charge >= 0.3 is 0 Å². The van der Waals surface area contributed by atoms with E-state index >= 15 is 0 Å². The summed E-state index contributed by atoms with van der Waals surface area (Å²) in [5.74, 6) is 1.01. The molecular formula is C22H34N4O2. The molecule has 0 bridgehead atoms. The normalized spacial score (nSPS) is 27.4. The zero-order valence-electron chi connectivity index (χ0n) is 17.3. The second-order valence-corrected chi connectivity index (χ2v) is 9.12. The van der Waals surface area contributed by atoms with Gasteiger partial charge in [0.2, 0.25) is 5.91 Å². The van der Waals surface area contributed by atoms with Crippen LogP contribution in [0.25, 0.3) is 0 Å². The Bertz CT molecular complexity index is 691. The van der Waals surface area contributed by atoms with Gasteiger partial charge in [0.1, 0.15) is 0 Å². The van der Waals surface area contributed by atoms with Gasteiger partial charge in [0.05, 0.1) is 17.5 Å². The molecule has 0 aromatic carbocycles. The summed E-state index contributed by atoms with van der Waals surface area (Å²) in [6.07, 6.45) is 11.4. The first-order valence-corrected chi connectivity index (χ1v) is 11.2. The van der Waals surface area contributed by atoms with E-state index in [1.54, 1.807) is 6.20 Å². The lowest BCUT2D eigenvalue weighted by atomic mass is 9.89. The maximum absolute atomic E-state index is 13.3. The summed E-state index contributed by atoms with van der Waals surface area (Å²) in [7, 11) is 0. The molecule has 2 amide bonds. The van der Waals surface area contributed by atoms with Crippen LogP contribution in [0.2, 0.25) is 0 Å². The molecule has 4 rings (SSSR count). The number of hydrogen-bond acceptors (Lipinski definition) is 3. The molecule has 1 aromatic rings. The van der Waals surface area contributed by atoms with Gasteiger partial charge in [0, 0.05) is 37.0 Å². The molecule has 0 spiro atoms. The second kappa shape index (κ2) is 8.26. The molecule has 0 unspecified atom stereocenters. The van der Waals surface area contributed by atoms with E-state index in [9.17, 15) is 9.59 Å². The van der Waals surface area contributed by atoms with Crippen LogP contribution in [0, 0.1) is 5.92 Å². The van der Waals surface area contributed by atoms with Gasteiger partial charge in [0.15, 0.2) is 0 Å². The quantitative estimate of drug-likeness (QED) is 0.861. The van der Waals surface area contributed by atoms with Crippen LogP contribution in [-0.4, -0.2) is 57.0 Å². The van der Waals surface area contributed by atoms with Crippen molar-refractivity contribution < 1.29 is 9.59 Å². The highest BCUT2D eigenvalue weighted by atomic mass is 16.2. The van der Waals surface area contributed by atoms with E-state index in [4.69, 9.17) is 0 Å². The summed E-state index contributed by atoms with van der Waals surface area (Å²) >= 11 is 0. The van der Waals surface area contributed by atoms with Gasteiger partial charge in [-0.3, -0.25) is 14.7 Å². The highest BCUT2D eigenvalue weighted by Gasteiger charge is 2.35. The van der Waals surface area contributed by atoms with Crippen LogP contribution >= 0.6 is 0 Å². The van der Waals surface area contributed by atoms with Crippen molar-refractivity contribution in [2.24, 2.45) is 5.92 Å². The maximum atomic E-state index is 13.3. The molecule has 1 saturated carbocycles. The number of aromatic amines is 1. The van der Waals surface area contributed by atoms with Gasteiger partial charge in [-0.15, -0.1) is 0 Å². The van der Waals surface area contributed by atoms with Crippen molar-refractivity contribution in [3.63, 3.8) is 0 Å². The number of rotatable bonds is 3. The van der Waals surface area contributed by atoms with Crippen molar-refractivity contribution >= 4 is 11.8 Å². The first-order valence-electron chi connectivity index (χ1n) is 11.2. The largest absolute Gasteiger partial charge is 0.342 e. The minimum Gasteiger partial charge on any atom is -0.342 e. The van der Waals surface area contributed by atoms with E-state index in [0.29, 0.717) is 5.91 Å². The van der Waals surface area contributed by atoms with Gasteiger partial charge in [-0.05, 0) is 58.8 Å². The number of H-pyrrole nitrogens is 1. The fraction of sp³-hybridized carbons (Fsp3) is 0.773. The van der Waals surface area contributed by atoms with E-state index in [-0.39, 0.29) is 29.8 Å². The Morgan fingerprint density at radius 2 is 1.61 bits per heavy atom. The average molecular weight is 387 g/mol. The smallest absolute Gasteiger partial charge is 0.257 e. The first-order chi connectivity index (χ1) is 13.6. The minimum atomic E-state index is 0.118. The topological polar surface area (TPSA) is 69.3 Å². The molecule has 1 aliphatic carbocycles. The van der Waals surface area contributed by atoms with E-state index in [2.05, 4.69) is 33.8 Å². The number of carbonyl (C=O) groups excluding carboxylic acids is 2. The zero-order valence-corrected chi connectivity index (χ0v) is 17.3. The van der Waals surface area contributed by atoms with Crippen LogP contribution in [0.5, 0.6) is 0 Å². The minimum absolute atomic E-state index is 0.118. The Kier molecular flexibility index (Phi) is 5.74. The van der Waals surface area contributed by atoms with Crippen molar-refractivity contribution in [1.82, 2.24) is 20.0 Å². The number of piperidine rings is 2. The summed E-state index contributed by atoms with van der Waals surface area (Å²) in [6, 6.07) is 0.565. The maximum Gasteiger partial charge on any atom is 0.257 e. The van der Waals surface area contributed by atoms with Crippen molar-refractivity contribution in [2.75, 3.05) is 13.1 Å². The van der Waals surface area contributed by atoms with E-state index in [0.717, 1.165) is 62.9 Å². The molecule has 28 heavy (non-hydrogen) atoms. The molecule has 2 saturated heterocycles. The standard InChI is InChI=1S/C22H34N4O2/c1-15-6-5-7-16(2)26(15)22(28)19-14-23-24-20(19)17-10-12-25(13-11-17)21(27)18-8-3-4-9-18/h14-18H,3-13H2,1-2H3,(H,23,24)/t15-,16+. The summed E-state index contributed by atoms with van der Waals surface area (Å²) in [6.45, 7) is 5.90. The molecule has 0 radical (unpaired) electrons. The van der Waals surface area contributed by atoms with Gasteiger partial charge in [-0.25, -0.2) is 0 Å². The highest BCUT2D eigenvalue weighted by molar-refractivity contribution is 5.95. The lowest BCUT2D eigenvalue weighted by Gasteiger charge is -2.39. The van der Waals surface area contributed by atoms with Crippen LogP contribution in [0.1, 0.15) is 93.6 Å². The summed E-state index contributed by atoms with van der Waals surface area (Å²) < 4.78 is 0. The Hall–Kier alpha value is -1.85. The third-order valence-electron chi connectivity index (χ3n) is 7.25. The van der Waals surface area contributed by atoms with Gasteiger partial charge < -0.3 is 9.80 Å².